The first-order chi connectivity index (χ1) is 25.6. The van der Waals surface area contributed by atoms with Crippen LogP contribution in [0.5, 0.6) is 0 Å². The molecule has 0 spiro atoms. The van der Waals surface area contributed by atoms with Crippen LogP contribution < -0.4 is 40.4 Å². The van der Waals surface area contributed by atoms with Crippen LogP contribution >= 0.6 is 0 Å². The third-order valence-corrected chi connectivity index (χ3v) is 16.8. The summed E-state index contributed by atoms with van der Waals surface area (Å²) in [5, 5.41) is 15.5. The smallest absolute Gasteiger partial charge is 1.00 e. The van der Waals surface area contributed by atoms with Crippen molar-refractivity contribution >= 4 is 90.0 Å². The zero-order valence-corrected chi connectivity index (χ0v) is 35.4. The second kappa shape index (κ2) is 14.5. The van der Waals surface area contributed by atoms with Crippen molar-refractivity contribution in [3.8, 4) is 0 Å². The summed E-state index contributed by atoms with van der Waals surface area (Å²) in [5.41, 5.74) is 11.2. The van der Waals surface area contributed by atoms with Gasteiger partial charge in [0.1, 0.15) is 0 Å². The molecule has 0 saturated heterocycles. The van der Waals surface area contributed by atoms with Gasteiger partial charge < -0.3 is 24.8 Å². The average molecular weight is 839 g/mol. The molecular formula is C51H36Cl2SiZr. The van der Waals surface area contributed by atoms with Gasteiger partial charge in [0.15, 0.2) is 0 Å². The third-order valence-electron chi connectivity index (χ3n) is 12.1. The Morgan fingerprint density at radius 3 is 1.35 bits per heavy atom. The van der Waals surface area contributed by atoms with Gasteiger partial charge in [-0.15, -0.1) is 81.2 Å². The van der Waals surface area contributed by atoms with Crippen molar-refractivity contribution in [2.24, 2.45) is 0 Å². The van der Waals surface area contributed by atoms with Crippen molar-refractivity contribution in [2.75, 3.05) is 0 Å². The van der Waals surface area contributed by atoms with Gasteiger partial charge >= 0.3 is 26.2 Å². The van der Waals surface area contributed by atoms with Crippen molar-refractivity contribution in [3.63, 3.8) is 0 Å². The Kier molecular flexibility index (Phi) is 9.85. The Balaban J connectivity index is 0.00000142. The van der Waals surface area contributed by atoms with Crippen molar-refractivity contribution in [1.82, 2.24) is 0 Å². The molecule has 0 heterocycles. The molecule has 55 heavy (non-hydrogen) atoms. The molecule has 4 heteroatoms. The predicted octanol–water partition coefficient (Wildman–Crippen LogP) is 5.04. The summed E-state index contributed by atoms with van der Waals surface area (Å²) in [5.74, 6) is 0. The third kappa shape index (κ3) is 5.72. The Morgan fingerprint density at radius 1 is 0.455 bits per heavy atom. The van der Waals surface area contributed by atoms with E-state index in [0.29, 0.717) is 0 Å². The SMILES string of the molecule is C[Si](c1ccccc1)(c1c(CC2=Cc3cccc4cccc2c34)[cH-]c2ccccc12)c1c(CC2=Cc3cccc4cccc2c34)[cH-]c2ccccc12.[Cl-].[Cl-].[Zr+4]. The summed E-state index contributed by atoms with van der Waals surface area (Å²) in [6.45, 7) is 2.65. The summed E-state index contributed by atoms with van der Waals surface area (Å²) in [7, 11) is -2.67. The molecule has 9 aromatic rings. The summed E-state index contributed by atoms with van der Waals surface area (Å²) >= 11 is 0. The van der Waals surface area contributed by atoms with E-state index >= 15 is 0 Å². The number of fused-ring (bicyclic) bond motifs is 2. The number of benzene rings is 7. The standard InChI is InChI=1S/C51H36Si.2ClH.Zr/c1-52(43-21-3-2-4-22-43,50-41(27-35-13-5-7-23-46(35)50)31-39-29-37-19-9-15-33-17-11-25-44(39)48(33)37)51-42(28-36-14-6-8-24-47(36)51)32-40-30-38-20-10-16-34-18-12-26-45(40)49(34)38;;;/h2-30H,31-32H2,1H3;2*1H;/q-2;;;+4/p-2. The molecule has 0 radical (unpaired) electrons. The normalized spacial score (nSPS) is 12.7. The van der Waals surface area contributed by atoms with Gasteiger partial charge in [0.2, 0.25) is 0 Å². The van der Waals surface area contributed by atoms with Crippen LogP contribution in [0.4, 0.5) is 0 Å². The minimum absolute atomic E-state index is 0. The number of rotatable bonds is 7. The quantitative estimate of drug-likeness (QED) is 0.156. The van der Waals surface area contributed by atoms with Gasteiger partial charge in [0.05, 0.1) is 0 Å². The molecule has 0 aliphatic heterocycles. The first kappa shape index (κ1) is 37.4. The van der Waals surface area contributed by atoms with Crippen molar-refractivity contribution < 1.29 is 51.0 Å². The molecule has 0 N–H and O–H groups in total. The first-order valence-electron chi connectivity index (χ1n) is 18.5. The van der Waals surface area contributed by atoms with E-state index in [9.17, 15) is 0 Å². The van der Waals surface area contributed by atoms with Crippen LogP contribution in [0.25, 0.3) is 66.4 Å². The van der Waals surface area contributed by atoms with Gasteiger partial charge in [0, 0.05) is 8.07 Å². The van der Waals surface area contributed by atoms with Crippen LogP contribution in [0.15, 0.2) is 164 Å². The van der Waals surface area contributed by atoms with E-state index in [1.807, 2.05) is 0 Å². The van der Waals surface area contributed by atoms with Gasteiger partial charge in [-0.3, -0.25) is 0 Å². The summed E-state index contributed by atoms with van der Waals surface area (Å²) in [6, 6.07) is 62.0. The van der Waals surface area contributed by atoms with Crippen molar-refractivity contribution in [2.45, 2.75) is 19.4 Å². The van der Waals surface area contributed by atoms with E-state index < -0.39 is 8.07 Å². The second-order valence-electron chi connectivity index (χ2n) is 14.9. The molecule has 0 aromatic heterocycles. The summed E-state index contributed by atoms with van der Waals surface area (Å²) in [6.07, 6.45) is 6.72. The minimum Gasteiger partial charge on any atom is -1.00 e. The number of halogens is 2. The fourth-order valence-corrected chi connectivity index (χ4v) is 14.8. The van der Waals surface area contributed by atoms with E-state index in [-0.39, 0.29) is 51.0 Å². The molecule has 0 saturated carbocycles. The fraction of sp³-hybridized carbons (Fsp3) is 0.0588. The van der Waals surface area contributed by atoms with Crippen LogP contribution in [0, 0.1) is 0 Å². The zero-order valence-electron chi connectivity index (χ0n) is 30.4. The first-order valence-corrected chi connectivity index (χ1v) is 21.0. The molecule has 0 amide bonds. The number of allylic oxidation sites excluding steroid dienone is 2. The number of hydrogen-bond donors (Lipinski definition) is 0. The van der Waals surface area contributed by atoms with Crippen LogP contribution in [0.2, 0.25) is 6.55 Å². The Morgan fingerprint density at radius 2 is 0.873 bits per heavy atom. The van der Waals surface area contributed by atoms with E-state index in [1.165, 1.54) is 92.8 Å². The molecule has 0 bridgehead atoms. The monoisotopic (exact) mass is 836 g/mol. The van der Waals surface area contributed by atoms with Crippen LogP contribution in [-0.2, 0) is 39.0 Å². The average Bonchev–Trinajstić information content (AvgIpc) is 3.94. The van der Waals surface area contributed by atoms with Crippen LogP contribution in [0.1, 0.15) is 33.4 Å². The zero-order chi connectivity index (χ0) is 34.4. The van der Waals surface area contributed by atoms with Crippen molar-refractivity contribution in [3.05, 3.63) is 197 Å². The largest absolute Gasteiger partial charge is 4.00 e. The topological polar surface area (TPSA) is 0 Å². The van der Waals surface area contributed by atoms with Gasteiger partial charge in [-0.25, -0.2) is 0 Å². The maximum Gasteiger partial charge on any atom is 4.00 e. The van der Waals surface area contributed by atoms with E-state index in [1.54, 1.807) is 10.4 Å². The number of hydrogen-bond acceptors (Lipinski definition) is 0. The Hall–Kier alpha value is -4.56. The van der Waals surface area contributed by atoms with Crippen molar-refractivity contribution in [1.29, 1.82) is 0 Å². The predicted molar refractivity (Wildman–Crippen MR) is 227 cm³/mol. The molecule has 0 fully saturated rings. The second-order valence-corrected chi connectivity index (χ2v) is 18.8. The maximum atomic E-state index is 2.65. The molecule has 0 atom stereocenters. The summed E-state index contributed by atoms with van der Waals surface area (Å²) < 4.78 is 0. The Labute approximate surface area is 354 Å². The molecule has 262 valence electrons. The molecule has 2 aliphatic carbocycles. The molecule has 0 nitrogen and oxygen atoms in total. The fourth-order valence-electron chi connectivity index (χ4n) is 9.96. The van der Waals surface area contributed by atoms with E-state index in [2.05, 4.69) is 182 Å². The van der Waals surface area contributed by atoms with Crippen LogP contribution in [0.3, 0.4) is 0 Å². The Bertz CT molecular complexity index is 2790. The van der Waals surface area contributed by atoms with Crippen LogP contribution in [-0.4, -0.2) is 8.07 Å². The maximum absolute atomic E-state index is 2.67. The molecule has 2 aliphatic rings. The van der Waals surface area contributed by atoms with Gasteiger partial charge in [0.25, 0.3) is 0 Å². The molecule has 11 rings (SSSR count). The van der Waals surface area contributed by atoms with Gasteiger partial charge in [-0.2, -0.15) is 10.4 Å². The van der Waals surface area contributed by atoms with Gasteiger partial charge in [-0.1, -0.05) is 139 Å². The van der Waals surface area contributed by atoms with Gasteiger partial charge in [-0.05, 0) is 67.8 Å². The molecular weight excluding hydrogens is 803 g/mol. The molecule has 0 unspecified atom stereocenters. The molecule has 9 aromatic carbocycles. The summed E-state index contributed by atoms with van der Waals surface area (Å²) in [4.78, 5) is 0. The minimum atomic E-state index is -2.67. The van der Waals surface area contributed by atoms with E-state index in [0.717, 1.165) is 12.8 Å². The van der Waals surface area contributed by atoms with E-state index in [4.69, 9.17) is 0 Å².